The lowest BCUT2D eigenvalue weighted by molar-refractivity contribution is -0.320. The van der Waals surface area contributed by atoms with Gasteiger partial charge in [0.15, 0.2) is 17.9 Å². The first-order chi connectivity index (χ1) is 25.7. The Kier molecular flexibility index (Phi) is 14.2. The lowest BCUT2D eigenvalue weighted by atomic mass is 9.87. The van der Waals surface area contributed by atoms with E-state index in [0.29, 0.717) is 0 Å². The van der Waals surface area contributed by atoms with Crippen LogP contribution in [0, 0.1) is 11.8 Å². The van der Waals surface area contributed by atoms with E-state index in [1.807, 2.05) is 74.5 Å². The Balaban J connectivity index is 1.28. The van der Waals surface area contributed by atoms with Crippen molar-refractivity contribution in [2.45, 2.75) is 115 Å². The van der Waals surface area contributed by atoms with Gasteiger partial charge in [0, 0.05) is 20.1 Å². The number of cyclic esters (lactones) is 1. The van der Waals surface area contributed by atoms with Crippen LogP contribution in [-0.4, -0.2) is 107 Å². The molecule has 2 aromatic rings. The molecule has 0 saturated carbocycles. The van der Waals surface area contributed by atoms with E-state index in [1.165, 1.54) is 20.1 Å². The zero-order valence-corrected chi connectivity index (χ0v) is 33.2. The van der Waals surface area contributed by atoms with Crippen molar-refractivity contribution in [3.8, 4) is 0 Å². The van der Waals surface area contributed by atoms with Gasteiger partial charge < -0.3 is 43.4 Å². The van der Waals surface area contributed by atoms with E-state index in [1.54, 1.807) is 13.8 Å². The minimum Gasteiger partial charge on any atom is -0.441 e. The SMILES string of the molecule is CO[C@H]1O[C@H](CO)[C@@H](OCc2ccccc2)[C@H](OCc2ccccc2)[C@@H]1OCCC[C@]1(O)O[C@H]([C@@H](C)C(=O)N2C(=O)OC(C)(C)[C@H]2C(C)C)C(=O)C=C1Br. The van der Waals surface area contributed by atoms with Crippen molar-refractivity contribution in [2.24, 2.45) is 11.8 Å². The molecular weight excluding hydrogens is 766 g/mol. The summed E-state index contributed by atoms with van der Waals surface area (Å²) in [5.41, 5.74) is 0.929. The second kappa shape index (κ2) is 18.3. The zero-order chi connectivity index (χ0) is 39.2. The summed E-state index contributed by atoms with van der Waals surface area (Å²) < 4.78 is 42.6. The molecule has 2 N–H and O–H groups in total. The summed E-state index contributed by atoms with van der Waals surface area (Å²) in [6.07, 6.45) is -4.75. The van der Waals surface area contributed by atoms with Crippen molar-refractivity contribution >= 4 is 33.7 Å². The Bertz CT molecular complexity index is 1610. The van der Waals surface area contributed by atoms with Crippen molar-refractivity contribution in [3.05, 3.63) is 82.3 Å². The fraction of sp³-hybridized carbons (Fsp3) is 0.575. The summed E-state index contributed by atoms with van der Waals surface area (Å²) in [4.78, 5) is 40.9. The van der Waals surface area contributed by atoms with Crippen molar-refractivity contribution in [2.75, 3.05) is 20.3 Å². The van der Waals surface area contributed by atoms with Crippen LogP contribution in [0.5, 0.6) is 0 Å². The van der Waals surface area contributed by atoms with Crippen LogP contribution in [-0.2, 0) is 56.0 Å². The summed E-state index contributed by atoms with van der Waals surface area (Å²) in [6.45, 7) is 8.94. The first-order valence-electron chi connectivity index (χ1n) is 18.3. The standard InChI is InChI=1S/C40H52BrNO12/c1-24(2)35-39(4,5)54-38(46)42(35)36(45)25(3)31-28(44)20-30(41)40(47,53-31)18-13-19-49-34-33(51-23-27-16-11-8-12-17-27)32(29(21-43)52-37(34)48-6)50-22-26-14-9-7-10-15-26/h7-12,14-17,20,24-25,29,31-35,37,43,47H,13,18-19,21-23H2,1-6H3/t25-,29-,31-,32-,33+,34+,35-,37+,40+/m1/s1. The monoisotopic (exact) mass is 817 g/mol. The number of halogens is 1. The summed E-state index contributed by atoms with van der Waals surface area (Å²) >= 11 is 3.30. The average Bonchev–Trinajstić information content (AvgIpc) is 3.41. The number of amides is 2. The van der Waals surface area contributed by atoms with E-state index >= 15 is 0 Å². The average molecular weight is 819 g/mol. The van der Waals surface area contributed by atoms with Gasteiger partial charge in [-0.1, -0.05) is 81.4 Å². The van der Waals surface area contributed by atoms with Gasteiger partial charge in [0.1, 0.15) is 36.1 Å². The van der Waals surface area contributed by atoms with Gasteiger partial charge in [-0.3, -0.25) is 9.59 Å². The molecule has 0 radical (unpaired) electrons. The van der Waals surface area contributed by atoms with Crippen LogP contribution >= 0.6 is 15.9 Å². The van der Waals surface area contributed by atoms with Crippen molar-refractivity contribution in [3.63, 3.8) is 0 Å². The molecule has 2 amide bonds. The number of carbonyl (C=O) groups is 3. The second-order valence-electron chi connectivity index (χ2n) is 14.8. The van der Waals surface area contributed by atoms with Crippen LogP contribution in [0.4, 0.5) is 4.79 Å². The molecule has 2 saturated heterocycles. The largest absolute Gasteiger partial charge is 0.441 e. The van der Waals surface area contributed by atoms with E-state index in [9.17, 15) is 24.6 Å². The number of aliphatic hydroxyl groups is 2. The molecule has 0 aliphatic carbocycles. The van der Waals surface area contributed by atoms with Gasteiger partial charge in [0.25, 0.3) is 0 Å². The van der Waals surface area contributed by atoms with Gasteiger partial charge in [-0.25, -0.2) is 9.69 Å². The number of benzene rings is 2. The van der Waals surface area contributed by atoms with E-state index < -0.39 is 77.9 Å². The first kappa shape index (κ1) is 42.1. The number of ketones is 1. The Morgan fingerprint density at radius 3 is 2.07 bits per heavy atom. The van der Waals surface area contributed by atoms with E-state index in [4.69, 9.17) is 33.2 Å². The number of imide groups is 1. The third kappa shape index (κ3) is 9.48. The number of rotatable bonds is 16. The van der Waals surface area contributed by atoms with Crippen molar-refractivity contribution in [1.29, 1.82) is 0 Å². The lowest BCUT2D eigenvalue weighted by Gasteiger charge is -2.45. The van der Waals surface area contributed by atoms with Gasteiger partial charge in [-0.15, -0.1) is 0 Å². The second-order valence-corrected chi connectivity index (χ2v) is 15.7. The molecule has 0 spiro atoms. The number of aliphatic hydroxyl groups excluding tert-OH is 1. The van der Waals surface area contributed by atoms with Crippen LogP contribution < -0.4 is 0 Å². The highest BCUT2D eigenvalue weighted by Gasteiger charge is 2.55. The smallest absolute Gasteiger partial charge is 0.417 e. The minimum atomic E-state index is -1.98. The fourth-order valence-corrected chi connectivity index (χ4v) is 7.97. The normalized spacial score (nSPS) is 30.3. The molecule has 3 heterocycles. The maximum Gasteiger partial charge on any atom is 0.417 e. The molecule has 3 aliphatic rings. The first-order valence-corrected chi connectivity index (χ1v) is 19.1. The summed E-state index contributed by atoms with van der Waals surface area (Å²) in [5.74, 6) is -4.37. The van der Waals surface area contributed by atoms with Gasteiger partial charge in [-0.2, -0.15) is 0 Å². The molecule has 3 aliphatic heterocycles. The van der Waals surface area contributed by atoms with Gasteiger partial charge in [0.2, 0.25) is 5.91 Å². The number of methoxy groups -OCH3 is 1. The highest BCUT2D eigenvalue weighted by Crippen LogP contribution is 2.39. The molecule has 2 fully saturated rings. The number of hydrogen-bond acceptors (Lipinski definition) is 12. The summed E-state index contributed by atoms with van der Waals surface area (Å²) in [5, 5.41) is 22.0. The summed E-state index contributed by atoms with van der Waals surface area (Å²) in [7, 11) is 1.47. The predicted octanol–water partition coefficient (Wildman–Crippen LogP) is 5.04. The van der Waals surface area contributed by atoms with Crippen LogP contribution in [0.3, 0.4) is 0 Å². The Morgan fingerprint density at radius 2 is 1.52 bits per heavy atom. The van der Waals surface area contributed by atoms with Crippen LogP contribution in [0.15, 0.2) is 71.2 Å². The number of ether oxygens (including phenoxy) is 7. The Labute approximate surface area is 324 Å². The Hall–Kier alpha value is -3.05. The van der Waals surface area contributed by atoms with Crippen LogP contribution in [0.25, 0.3) is 0 Å². The predicted molar refractivity (Wildman–Crippen MR) is 199 cm³/mol. The maximum atomic E-state index is 13.8. The van der Waals surface area contributed by atoms with E-state index in [2.05, 4.69) is 15.9 Å². The van der Waals surface area contributed by atoms with Gasteiger partial charge in [0.05, 0.1) is 36.3 Å². The molecule has 2 aromatic carbocycles. The molecule has 54 heavy (non-hydrogen) atoms. The van der Waals surface area contributed by atoms with Gasteiger partial charge >= 0.3 is 6.09 Å². The molecule has 0 bridgehead atoms. The number of hydrogen-bond donors (Lipinski definition) is 2. The maximum absolute atomic E-state index is 13.8. The molecule has 9 atom stereocenters. The third-order valence-electron chi connectivity index (χ3n) is 10.0. The van der Waals surface area contributed by atoms with Crippen molar-refractivity contribution in [1.82, 2.24) is 4.90 Å². The summed E-state index contributed by atoms with van der Waals surface area (Å²) in [6, 6.07) is 18.7. The minimum absolute atomic E-state index is 0.0316. The van der Waals surface area contributed by atoms with E-state index in [0.717, 1.165) is 16.0 Å². The van der Waals surface area contributed by atoms with Crippen LogP contribution in [0.2, 0.25) is 0 Å². The lowest BCUT2D eigenvalue weighted by Crippen LogP contribution is -2.61. The highest BCUT2D eigenvalue weighted by atomic mass is 79.9. The van der Waals surface area contributed by atoms with Crippen LogP contribution in [0.1, 0.15) is 58.6 Å². The molecule has 0 unspecified atom stereocenters. The Morgan fingerprint density at radius 1 is 0.926 bits per heavy atom. The van der Waals surface area contributed by atoms with Gasteiger partial charge in [-0.05, 0) is 59.3 Å². The molecule has 13 nitrogen and oxygen atoms in total. The number of carbonyl (C=O) groups excluding carboxylic acids is 3. The molecule has 296 valence electrons. The quantitative estimate of drug-likeness (QED) is 0.218. The highest BCUT2D eigenvalue weighted by molar-refractivity contribution is 9.11. The fourth-order valence-electron chi connectivity index (χ4n) is 7.45. The molecule has 14 heteroatoms. The molecule has 0 aromatic heterocycles. The van der Waals surface area contributed by atoms with E-state index in [-0.39, 0.29) is 49.7 Å². The molecular formula is C40H52BrNO12. The van der Waals surface area contributed by atoms with Crippen molar-refractivity contribution < 1.29 is 57.8 Å². The number of nitrogens with zero attached hydrogens (tertiary/aromatic N) is 1. The molecule has 5 rings (SSSR count). The third-order valence-corrected chi connectivity index (χ3v) is 10.9. The topological polar surface area (TPSA) is 160 Å². The zero-order valence-electron chi connectivity index (χ0n) is 31.6.